The van der Waals surface area contributed by atoms with Crippen molar-refractivity contribution < 1.29 is 33.4 Å². The van der Waals surface area contributed by atoms with E-state index < -0.39 is 53.9 Å². The Labute approximate surface area is 240 Å². The molecule has 0 fully saturated rings. The van der Waals surface area contributed by atoms with Crippen LogP contribution in [0.5, 0.6) is 0 Å². The van der Waals surface area contributed by atoms with Gasteiger partial charge in [-0.25, -0.2) is 9.80 Å². The summed E-state index contributed by atoms with van der Waals surface area (Å²) in [7, 11) is 0. The van der Waals surface area contributed by atoms with E-state index >= 15 is 0 Å². The minimum absolute atomic E-state index is 0.000502. The summed E-state index contributed by atoms with van der Waals surface area (Å²) in [6.07, 6.45) is 1.10. The molecule has 11 nitrogen and oxygen atoms in total. The van der Waals surface area contributed by atoms with Gasteiger partial charge < -0.3 is 20.1 Å². The third kappa shape index (κ3) is 12.8. The zero-order valence-electron chi connectivity index (χ0n) is 24.0. The quantitative estimate of drug-likeness (QED) is 0.216. The van der Waals surface area contributed by atoms with Crippen LogP contribution in [0.3, 0.4) is 0 Å². The maximum Gasteiger partial charge on any atom is 0.408 e. The van der Waals surface area contributed by atoms with E-state index in [9.17, 15) is 24.0 Å². The number of nitrogens with zero attached hydrogens (tertiary/aromatic N) is 1. The molecule has 0 heterocycles. The molecular formula is C30H38N4O7. The number of hydrogen-bond donors (Lipinski definition) is 3. The Balaban J connectivity index is 2.07. The van der Waals surface area contributed by atoms with E-state index in [0.29, 0.717) is 0 Å². The second-order valence-corrected chi connectivity index (χ2v) is 10.5. The van der Waals surface area contributed by atoms with E-state index in [-0.39, 0.29) is 13.2 Å². The van der Waals surface area contributed by atoms with Crippen molar-refractivity contribution in [2.75, 3.05) is 6.54 Å². The van der Waals surface area contributed by atoms with Crippen LogP contribution in [0.25, 0.3) is 0 Å². The van der Waals surface area contributed by atoms with Gasteiger partial charge in [-0.05, 0) is 37.8 Å². The van der Waals surface area contributed by atoms with Crippen LogP contribution in [-0.2, 0) is 41.8 Å². The van der Waals surface area contributed by atoms with E-state index in [4.69, 9.17) is 9.47 Å². The van der Waals surface area contributed by atoms with Crippen molar-refractivity contribution in [3.63, 3.8) is 0 Å². The Morgan fingerprint density at radius 1 is 0.878 bits per heavy atom. The summed E-state index contributed by atoms with van der Waals surface area (Å²) >= 11 is 0. The fourth-order valence-corrected chi connectivity index (χ4v) is 3.39. The SMILES string of the molecule is CC(C)[C@H](NC(=O)OCc1ccccc1)C(=O)NN(CC(=O)OC(C)(C)C)C(=O)/C=C/C(=O)NCc1ccccc1. The number of alkyl carbamates (subject to hydrolysis) is 1. The molecule has 220 valence electrons. The van der Waals surface area contributed by atoms with Gasteiger partial charge in [0.15, 0.2) is 0 Å². The first-order valence-electron chi connectivity index (χ1n) is 13.1. The predicted octanol–water partition coefficient (Wildman–Crippen LogP) is 3.01. The maximum absolute atomic E-state index is 13.1. The zero-order chi connectivity index (χ0) is 30.4. The van der Waals surface area contributed by atoms with Gasteiger partial charge >= 0.3 is 12.1 Å². The number of hydrogen-bond acceptors (Lipinski definition) is 7. The van der Waals surface area contributed by atoms with Crippen molar-refractivity contribution >= 4 is 29.8 Å². The monoisotopic (exact) mass is 566 g/mol. The highest BCUT2D eigenvalue weighted by Crippen LogP contribution is 2.09. The Morgan fingerprint density at radius 3 is 2.02 bits per heavy atom. The van der Waals surface area contributed by atoms with E-state index in [1.54, 1.807) is 58.9 Å². The molecule has 0 radical (unpaired) electrons. The number of amides is 4. The second kappa shape index (κ2) is 15.8. The fraction of sp³-hybridized carbons (Fsp3) is 0.367. The number of esters is 1. The van der Waals surface area contributed by atoms with Crippen LogP contribution in [0.15, 0.2) is 72.8 Å². The molecule has 0 aliphatic heterocycles. The van der Waals surface area contributed by atoms with Gasteiger partial charge in [0, 0.05) is 18.7 Å². The van der Waals surface area contributed by atoms with Crippen LogP contribution >= 0.6 is 0 Å². The summed E-state index contributed by atoms with van der Waals surface area (Å²) in [5, 5.41) is 5.87. The van der Waals surface area contributed by atoms with E-state index in [1.165, 1.54) is 0 Å². The first-order valence-corrected chi connectivity index (χ1v) is 13.1. The Hall–Kier alpha value is -4.67. The number of carbonyl (C=O) groups is 5. The number of ether oxygens (including phenoxy) is 2. The third-order valence-electron chi connectivity index (χ3n) is 5.34. The molecule has 2 rings (SSSR count). The molecule has 41 heavy (non-hydrogen) atoms. The lowest BCUT2D eigenvalue weighted by molar-refractivity contribution is -0.160. The molecule has 3 N–H and O–H groups in total. The summed E-state index contributed by atoms with van der Waals surface area (Å²) in [6.45, 7) is 7.97. The number of hydrazine groups is 1. The largest absolute Gasteiger partial charge is 0.459 e. The average Bonchev–Trinajstić information content (AvgIpc) is 2.91. The summed E-state index contributed by atoms with van der Waals surface area (Å²) in [5.74, 6) is -3.36. The van der Waals surface area contributed by atoms with Crippen molar-refractivity contribution in [1.29, 1.82) is 0 Å². The Morgan fingerprint density at radius 2 is 1.46 bits per heavy atom. The normalized spacial score (nSPS) is 11.9. The average molecular weight is 567 g/mol. The molecule has 0 aliphatic rings. The van der Waals surface area contributed by atoms with Crippen LogP contribution in [0, 0.1) is 5.92 Å². The lowest BCUT2D eigenvalue weighted by Crippen LogP contribution is -2.57. The van der Waals surface area contributed by atoms with Crippen LogP contribution < -0.4 is 16.1 Å². The summed E-state index contributed by atoms with van der Waals surface area (Å²) in [4.78, 5) is 63.3. The molecule has 0 spiro atoms. The summed E-state index contributed by atoms with van der Waals surface area (Å²) in [5.41, 5.74) is 3.16. The maximum atomic E-state index is 13.1. The Bertz CT molecular complexity index is 1210. The molecule has 0 saturated carbocycles. The van der Waals surface area contributed by atoms with Gasteiger partial charge in [0.1, 0.15) is 24.8 Å². The predicted molar refractivity (Wildman–Crippen MR) is 152 cm³/mol. The molecule has 4 amide bonds. The summed E-state index contributed by atoms with van der Waals surface area (Å²) in [6, 6.07) is 17.1. The second-order valence-electron chi connectivity index (χ2n) is 10.5. The fourth-order valence-electron chi connectivity index (χ4n) is 3.39. The smallest absolute Gasteiger partial charge is 0.408 e. The molecule has 2 aromatic rings. The molecule has 1 atom stereocenters. The van der Waals surface area contributed by atoms with Crippen molar-refractivity contribution in [3.8, 4) is 0 Å². The molecule has 2 aromatic carbocycles. The minimum atomic E-state index is -1.11. The van der Waals surface area contributed by atoms with Crippen molar-refractivity contribution in [2.45, 2.75) is 59.4 Å². The first kappa shape index (κ1) is 32.5. The number of carbonyl (C=O) groups excluding carboxylic acids is 5. The third-order valence-corrected chi connectivity index (χ3v) is 5.34. The Kier molecular flexibility index (Phi) is 12.5. The topological polar surface area (TPSA) is 143 Å². The first-order chi connectivity index (χ1) is 19.3. The molecular weight excluding hydrogens is 528 g/mol. The van der Waals surface area contributed by atoms with Crippen molar-refractivity contribution in [1.82, 2.24) is 21.1 Å². The van der Waals surface area contributed by atoms with Crippen LogP contribution in [-0.4, -0.2) is 53.0 Å². The molecule has 0 unspecified atom stereocenters. The van der Waals surface area contributed by atoms with Gasteiger partial charge in [0.2, 0.25) is 5.91 Å². The summed E-state index contributed by atoms with van der Waals surface area (Å²) < 4.78 is 10.5. The highest BCUT2D eigenvalue weighted by Gasteiger charge is 2.29. The van der Waals surface area contributed by atoms with Gasteiger partial charge in [-0.1, -0.05) is 74.5 Å². The van der Waals surface area contributed by atoms with Gasteiger partial charge in [-0.2, -0.15) is 0 Å². The van der Waals surface area contributed by atoms with Crippen molar-refractivity contribution in [3.05, 3.63) is 83.9 Å². The van der Waals surface area contributed by atoms with Crippen LogP contribution in [0.1, 0.15) is 45.7 Å². The van der Waals surface area contributed by atoms with Crippen LogP contribution in [0.4, 0.5) is 4.79 Å². The van der Waals surface area contributed by atoms with Crippen molar-refractivity contribution in [2.24, 2.45) is 5.92 Å². The highest BCUT2D eigenvalue weighted by atomic mass is 16.6. The number of benzene rings is 2. The molecule has 0 aliphatic carbocycles. The highest BCUT2D eigenvalue weighted by molar-refractivity contribution is 5.98. The van der Waals surface area contributed by atoms with E-state index in [1.807, 2.05) is 36.4 Å². The van der Waals surface area contributed by atoms with E-state index in [2.05, 4.69) is 16.1 Å². The van der Waals surface area contributed by atoms with Gasteiger partial charge in [-0.15, -0.1) is 0 Å². The molecule has 0 aromatic heterocycles. The molecule has 0 bridgehead atoms. The zero-order valence-corrected chi connectivity index (χ0v) is 24.0. The van der Waals surface area contributed by atoms with Gasteiger partial charge in [0.05, 0.1) is 0 Å². The van der Waals surface area contributed by atoms with Gasteiger partial charge in [0.25, 0.3) is 11.8 Å². The van der Waals surface area contributed by atoms with E-state index in [0.717, 1.165) is 28.3 Å². The minimum Gasteiger partial charge on any atom is -0.459 e. The number of rotatable bonds is 11. The lowest BCUT2D eigenvalue weighted by Gasteiger charge is -2.28. The molecule has 11 heteroatoms. The lowest BCUT2D eigenvalue weighted by atomic mass is 10.0. The standard InChI is InChI=1S/C30H38N4O7/c1-21(2)27(32-29(39)40-20-23-14-10-7-11-15-23)28(38)33-34(19-26(37)41-30(3,4)5)25(36)17-16-24(35)31-18-22-12-8-6-9-13-22/h6-17,21,27H,18-20H2,1-5H3,(H,31,35)(H,32,39)(H,33,38)/b17-16+/t27-/m0/s1. The molecule has 0 saturated heterocycles. The van der Waals surface area contributed by atoms with Crippen LogP contribution in [0.2, 0.25) is 0 Å². The van der Waals surface area contributed by atoms with Gasteiger partial charge in [-0.3, -0.25) is 24.6 Å². The number of nitrogens with one attached hydrogen (secondary N) is 3.